The third-order valence-corrected chi connectivity index (χ3v) is 4.08. The third-order valence-electron chi connectivity index (χ3n) is 4.08. The maximum Gasteiger partial charge on any atom is 0.247 e. The normalized spacial score (nSPS) is 11.2. The van der Waals surface area contributed by atoms with Crippen LogP contribution in [0, 0.1) is 0 Å². The molecule has 4 rings (SSSR count). The van der Waals surface area contributed by atoms with Crippen molar-refractivity contribution in [2.24, 2.45) is 0 Å². The second kappa shape index (κ2) is 7.92. The lowest BCUT2D eigenvalue weighted by atomic mass is 10.2. The standard InChI is InChI=1S/C20H19N3O4/c1-24-16-8-6-15(7-9-16)20-22-21-19(27-20)14-23(12-17-4-2-10-25-17)13-18-5-3-11-26-18/h2-11H,12-14H2,1H3. The van der Waals surface area contributed by atoms with Crippen molar-refractivity contribution in [1.82, 2.24) is 15.1 Å². The van der Waals surface area contributed by atoms with Crippen LogP contribution in [0.15, 0.2) is 74.3 Å². The number of hydrogen-bond acceptors (Lipinski definition) is 7. The van der Waals surface area contributed by atoms with E-state index in [0.717, 1.165) is 22.8 Å². The van der Waals surface area contributed by atoms with Crippen LogP contribution in [-0.2, 0) is 19.6 Å². The van der Waals surface area contributed by atoms with E-state index in [4.69, 9.17) is 18.0 Å². The number of ether oxygens (including phenoxy) is 1. The summed E-state index contributed by atoms with van der Waals surface area (Å²) in [5.41, 5.74) is 0.846. The Morgan fingerprint density at radius 1 is 0.852 bits per heavy atom. The molecular formula is C20H19N3O4. The Kier molecular flexibility index (Phi) is 5.02. The van der Waals surface area contributed by atoms with Crippen molar-refractivity contribution in [2.45, 2.75) is 19.6 Å². The second-order valence-electron chi connectivity index (χ2n) is 6.03. The zero-order valence-electron chi connectivity index (χ0n) is 14.9. The van der Waals surface area contributed by atoms with Gasteiger partial charge in [-0.1, -0.05) is 0 Å². The van der Waals surface area contributed by atoms with Crippen LogP contribution < -0.4 is 4.74 Å². The number of methoxy groups -OCH3 is 1. The van der Waals surface area contributed by atoms with E-state index in [0.29, 0.717) is 31.4 Å². The van der Waals surface area contributed by atoms with E-state index in [1.165, 1.54) is 0 Å². The molecule has 0 saturated carbocycles. The van der Waals surface area contributed by atoms with Gasteiger partial charge in [-0.25, -0.2) is 0 Å². The average molecular weight is 365 g/mol. The largest absolute Gasteiger partial charge is 0.497 e. The summed E-state index contributed by atoms with van der Waals surface area (Å²) < 4.78 is 22.0. The van der Waals surface area contributed by atoms with E-state index in [1.807, 2.05) is 48.5 Å². The molecule has 0 amide bonds. The Labute approximate surface area is 156 Å². The third kappa shape index (κ3) is 4.27. The topological polar surface area (TPSA) is 77.7 Å². The molecule has 0 atom stereocenters. The van der Waals surface area contributed by atoms with Crippen LogP contribution in [0.25, 0.3) is 11.5 Å². The van der Waals surface area contributed by atoms with Crippen LogP contribution in [0.3, 0.4) is 0 Å². The molecule has 138 valence electrons. The zero-order valence-corrected chi connectivity index (χ0v) is 14.9. The Bertz CT molecular complexity index is 907. The minimum Gasteiger partial charge on any atom is -0.497 e. The average Bonchev–Trinajstić information content (AvgIpc) is 3.45. The summed E-state index contributed by atoms with van der Waals surface area (Å²) in [5.74, 6) is 3.50. The van der Waals surface area contributed by atoms with Crippen molar-refractivity contribution in [3.63, 3.8) is 0 Å². The summed E-state index contributed by atoms with van der Waals surface area (Å²) in [6.07, 6.45) is 3.32. The fourth-order valence-corrected chi connectivity index (χ4v) is 2.77. The second-order valence-corrected chi connectivity index (χ2v) is 6.03. The molecule has 0 fully saturated rings. The molecule has 0 unspecified atom stereocenters. The molecule has 0 N–H and O–H groups in total. The number of nitrogens with zero attached hydrogens (tertiary/aromatic N) is 3. The van der Waals surface area contributed by atoms with Gasteiger partial charge >= 0.3 is 0 Å². The van der Waals surface area contributed by atoms with Crippen LogP contribution in [0.4, 0.5) is 0 Å². The van der Waals surface area contributed by atoms with E-state index >= 15 is 0 Å². The van der Waals surface area contributed by atoms with Gasteiger partial charge in [0.05, 0.1) is 39.3 Å². The van der Waals surface area contributed by atoms with Gasteiger partial charge in [0, 0.05) is 5.56 Å². The molecular weight excluding hydrogens is 346 g/mol. The van der Waals surface area contributed by atoms with Crippen molar-refractivity contribution >= 4 is 0 Å². The van der Waals surface area contributed by atoms with Crippen LogP contribution in [0.2, 0.25) is 0 Å². The Morgan fingerprint density at radius 2 is 1.52 bits per heavy atom. The minimum absolute atomic E-state index is 0.476. The molecule has 0 aliphatic carbocycles. The Hall–Kier alpha value is -3.32. The molecule has 0 spiro atoms. The van der Waals surface area contributed by atoms with Gasteiger partial charge < -0.3 is 18.0 Å². The first-order chi connectivity index (χ1) is 13.3. The molecule has 7 heteroatoms. The molecule has 3 aromatic heterocycles. The molecule has 3 heterocycles. The number of furan rings is 2. The van der Waals surface area contributed by atoms with Crippen molar-refractivity contribution in [2.75, 3.05) is 7.11 Å². The quantitative estimate of drug-likeness (QED) is 0.464. The van der Waals surface area contributed by atoms with Gasteiger partial charge in [-0.05, 0) is 48.5 Å². The van der Waals surface area contributed by atoms with E-state index in [9.17, 15) is 0 Å². The lowest BCUT2D eigenvalue weighted by Gasteiger charge is -2.17. The van der Waals surface area contributed by atoms with Gasteiger partial charge in [0.15, 0.2) is 0 Å². The van der Waals surface area contributed by atoms with E-state index in [1.54, 1.807) is 19.6 Å². The molecule has 4 aromatic rings. The van der Waals surface area contributed by atoms with E-state index < -0.39 is 0 Å². The summed E-state index contributed by atoms with van der Waals surface area (Å²) in [5, 5.41) is 8.34. The van der Waals surface area contributed by atoms with Gasteiger partial charge in [0.25, 0.3) is 0 Å². The Morgan fingerprint density at radius 3 is 2.07 bits per heavy atom. The van der Waals surface area contributed by atoms with Gasteiger partial charge in [0.2, 0.25) is 11.8 Å². The zero-order chi connectivity index (χ0) is 18.5. The summed E-state index contributed by atoms with van der Waals surface area (Å²) in [6, 6.07) is 15.1. The summed E-state index contributed by atoms with van der Waals surface area (Å²) in [7, 11) is 1.63. The minimum atomic E-state index is 0.476. The van der Waals surface area contributed by atoms with Crippen molar-refractivity contribution in [3.8, 4) is 17.2 Å². The summed E-state index contributed by atoms with van der Waals surface area (Å²) >= 11 is 0. The highest BCUT2D eigenvalue weighted by atomic mass is 16.5. The number of hydrogen-bond donors (Lipinski definition) is 0. The molecule has 7 nitrogen and oxygen atoms in total. The van der Waals surface area contributed by atoms with Crippen LogP contribution >= 0.6 is 0 Å². The maximum atomic E-state index is 5.85. The highest BCUT2D eigenvalue weighted by molar-refractivity contribution is 5.53. The van der Waals surface area contributed by atoms with Gasteiger partial charge in [-0.15, -0.1) is 10.2 Å². The smallest absolute Gasteiger partial charge is 0.247 e. The summed E-state index contributed by atoms with van der Waals surface area (Å²) in [4.78, 5) is 2.11. The fourth-order valence-electron chi connectivity index (χ4n) is 2.77. The highest BCUT2D eigenvalue weighted by Crippen LogP contribution is 2.22. The van der Waals surface area contributed by atoms with Crippen molar-refractivity contribution < 1.29 is 18.0 Å². The fraction of sp³-hybridized carbons (Fsp3) is 0.200. The van der Waals surface area contributed by atoms with Crippen molar-refractivity contribution in [3.05, 3.63) is 78.5 Å². The first-order valence-corrected chi connectivity index (χ1v) is 8.54. The van der Waals surface area contributed by atoms with Gasteiger partial charge in [0.1, 0.15) is 17.3 Å². The Balaban J connectivity index is 1.49. The monoisotopic (exact) mass is 365 g/mol. The molecule has 27 heavy (non-hydrogen) atoms. The number of aromatic nitrogens is 2. The first-order valence-electron chi connectivity index (χ1n) is 8.54. The van der Waals surface area contributed by atoms with E-state index in [-0.39, 0.29) is 0 Å². The number of rotatable bonds is 8. The van der Waals surface area contributed by atoms with Crippen LogP contribution in [0.1, 0.15) is 17.4 Å². The SMILES string of the molecule is COc1ccc(-c2nnc(CN(Cc3ccco3)Cc3ccco3)o2)cc1. The van der Waals surface area contributed by atoms with Crippen LogP contribution in [-0.4, -0.2) is 22.2 Å². The highest BCUT2D eigenvalue weighted by Gasteiger charge is 2.16. The summed E-state index contributed by atoms with van der Waals surface area (Å²) in [6.45, 7) is 1.69. The van der Waals surface area contributed by atoms with Crippen LogP contribution in [0.5, 0.6) is 5.75 Å². The molecule has 0 aliphatic rings. The predicted octanol–water partition coefficient (Wildman–Crippen LogP) is 4.13. The van der Waals surface area contributed by atoms with Gasteiger partial charge in [-0.3, -0.25) is 4.90 Å². The van der Waals surface area contributed by atoms with Crippen molar-refractivity contribution in [1.29, 1.82) is 0 Å². The molecule has 0 saturated heterocycles. The lowest BCUT2D eigenvalue weighted by molar-refractivity contribution is 0.191. The number of benzene rings is 1. The van der Waals surface area contributed by atoms with Gasteiger partial charge in [-0.2, -0.15) is 0 Å². The maximum absolute atomic E-state index is 5.85. The lowest BCUT2D eigenvalue weighted by Crippen LogP contribution is -2.22. The molecule has 0 aliphatic heterocycles. The first kappa shape index (κ1) is 17.1. The van der Waals surface area contributed by atoms with E-state index in [2.05, 4.69) is 15.1 Å². The molecule has 1 aromatic carbocycles. The molecule has 0 bridgehead atoms. The predicted molar refractivity (Wildman–Crippen MR) is 96.7 cm³/mol. The molecule has 0 radical (unpaired) electrons.